The molecule has 3 heterocycles. The molecule has 0 aliphatic carbocycles. The first kappa shape index (κ1) is 15.4. The van der Waals surface area contributed by atoms with Crippen LogP contribution in [0.1, 0.15) is 36.8 Å². The number of benzene rings is 1. The van der Waals surface area contributed by atoms with Gasteiger partial charge >= 0.3 is 0 Å². The molecule has 2 atom stereocenters. The number of nitrogens with zero attached hydrogens (tertiary/aromatic N) is 2. The van der Waals surface area contributed by atoms with E-state index in [2.05, 4.69) is 29.2 Å². The predicted octanol–water partition coefficient (Wildman–Crippen LogP) is 3.92. The van der Waals surface area contributed by atoms with Crippen LogP contribution in [0.5, 0.6) is 0 Å². The van der Waals surface area contributed by atoms with Crippen LogP contribution in [-0.2, 0) is 6.54 Å². The summed E-state index contributed by atoms with van der Waals surface area (Å²) in [6.07, 6.45) is 4.08. The van der Waals surface area contributed by atoms with E-state index >= 15 is 0 Å². The molecule has 24 heavy (non-hydrogen) atoms. The quantitative estimate of drug-likeness (QED) is 0.773. The van der Waals surface area contributed by atoms with E-state index in [0.29, 0.717) is 18.2 Å². The molecule has 0 bridgehead atoms. The molecule has 1 N–H and O–H groups in total. The number of furan rings is 1. The highest BCUT2D eigenvalue weighted by atomic mass is 16.4. The summed E-state index contributed by atoms with van der Waals surface area (Å²) < 4.78 is 5.33. The molecule has 2 unspecified atom stereocenters. The fourth-order valence-electron chi connectivity index (χ4n) is 3.63. The van der Waals surface area contributed by atoms with E-state index < -0.39 is 6.10 Å². The third-order valence-corrected chi connectivity index (χ3v) is 4.89. The van der Waals surface area contributed by atoms with Gasteiger partial charge < -0.3 is 9.52 Å². The maximum absolute atomic E-state index is 10.4. The van der Waals surface area contributed by atoms with Gasteiger partial charge in [0.15, 0.2) is 0 Å². The molecular formula is C20H22N2O2. The van der Waals surface area contributed by atoms with Gasteiger partial charge in [-0.1, -0.05) is 24.3 Å². The smallest absolute Gasteiger partial charge is 0.132 e. The second-order valence-corrected chi connectivity index (χ2v) is 6.53. The molecule has 4 heteroatoms. The first-order valence-electron chi connectivity index (χ1n) is 8.60. The van der Waals surface area contributed by atoms with Gasteiger partial charge in [0.25, 0.3) is 0 Å². The summed E-state index contributed by atoms with van der Waals surface area (Å²) in [4.78, 5) is 7.21. The average Bonchev–Trinajstić information content (AvgIpc) is 3.27. The van der Waals surface area contributed by atoms with E-state index in [9.17, 15) is 5.11 Å². The Morgan fingerprint density at radius 1 is 1.17 bits per heavy atom. The van der Waals surface area contributed by atoms with Crippen molar-refractivity contribution >= 4 is 10.9 Å². The first-order chi connectivity index (χ1) is 11.8. The zero-order chi connectivity index (χ0) is 16.4. The van der Waals surface area contributed by atoms with Gasteiger partial charge in [0.1, 0.15) is 11.9 Å². The minimum Gasteiger partial charge on any atom is -0.467 e. The topological polar surface area (TPSA) is 49.5 Å². The predicted molar refractivity (Wildman–Crippen MR) is 93.5 cm³/mol. The van der Waals surface area contributed by atoms with Crippen molar-refractivity contribution in [3.63, 3.8) is 0 Å². The van der Waals surface area contributed by atoms with E-state index in [4.69, 9.17) is 9.40 Å². The zero-order valence-corrected chi connectivity index (χ0v) is 13.6. The van der Waals surface area contributed by atoms with Gasteiger partial charge in [-0.2, -0.15) is 0 Å². The van der Waals surface area contributed by atoms with E-state index in [0.717, 1.165) is 30.7 Å². The first-order valence-corrected chi connectivity index (χ1v) is 8.60. The fraction of sp³-hybridized carbons (Fsp3) is 0.350. The van der Waals surface area contributed by atoms with Crippen molar-refractivity contribution in [1.29, 1.82) is 0 Å². The van der Waals surface area contributed by atoms with E-state index in [1.54, 1.807) is 6.26 Å². The van der Waals surface area contributed by atoms with Crippen LogP contribution < -0.4 is 0 Å². The Balaban J connectivity index is 1.46. The van der Waals surface area contributed by atoms with Gasteiger partial charge in [-0.15, -0.1) is 0 Å². The van der Waals surface area contributed by atoms with Crippen molar-refractivity contribution in [2.75, 3.05) is 6.54 Å². The number of hydrogen-bond donors (Lipinski definition) is 1. The summed E-state index contributed by atoms with van der Waals surface area (Å²) in [7, 11) is 0. The molecule has 3 aromatic rings. The minimum atomic E-state index is -0.532. The lowest BCUT2D eigenvalue weighted by Gasteiger charge is -2.25. The lowest BCUT2D eigenvalue weighted by atomic mass is 10.0. The van der Waals surface area contributed by atoms with Crippen LogP contribution in [0.15, 0.2) is 59.2 Å². The molecule has 2 aromatic heterocycles. The van der Waals surface area contributed by atoms with E-state index in [-0.39, 0.29) is 0 Å². The van der Waals surface area contributed by atoms with Gasteiger partial charge in [-0.3, -0.25) is 9.88 Å². The van der Waals surface area contributed by atoms with Crippen molar-refractivity contribution < 1.29 is 9.52 Å². The van der Waals surface area contributed by atoms with Crippen LogP contribution in [0.4, 0.5) is 0 Å². The molecule has 0 spiro atoms. The average molecular weight is 322 g/mol. The van der Waals surface area contributed by atoms with Gasteiger partial charge in [0, 0.05) is 18.0 Å². The number of likely N-dealkylation sites (tertiary alicyclic amines) is 1. The Hall–Kier alpha value is -2.17. The summed E-state index contributed by atoms with van der Waals surface area (Å²) in [5, 5.41) is 11.5. The Morgan fingerprint density at radius 2 is 2.08 bits per heavy atom. The Kier molecular flexibility index (Phi) is 4.32. The summed E-state index contributed by atoms with van der Waals surface area (Å²) >= 11 is 0. The van der Waals surface area contributed by atoms with Crippen LogP contribution in [-0.4, -0.2) is 27.6 Å². The van der Waals surface area contributed by atoms with Crippen LogP contribution >= 0.6 is 0 Å². The number of aliphatic hydroxyl groups is 1. The zero-order valence-electron chi connectivity index (χ0n) is 13.6. The van der Waals surface area contributed by atoms with Crippen LogP contribution in [0.25, 0.3) is 10.9 Å². The van der Waals surface area contributed by atoms with Gasteiger partial charge in [0.05, 0.1) is 17.5 Å². The maximum Gasteiger partial charge on any atom is 0.132 e. The molecule has 1 saturated heterocycles. The SMILES string of the molecule is OC(CC1CCCN1Cc1ccc2ccccc2n1)c1ccco1. The molecule has 0 amide bonds. The van der Waals surface area contributed by atoms with Crippen LogP contribution in [0.2, 0.25) is 0 Å². The standard InChI is InChI=1S/C20H22N2O2/c23-19(20-8-4-12-24-20)13-17-6-3-11-22(17)14-16-10-9-15-5-1-2-7-18(15)21-16/h1-2,4-5,7-10,12,17,19,23H,3,6,11,13-14H2. The van der Waals surface area contributed by atoms with Crippen molar-refractivity contribution in [3.05, 3.63) is 66.2 Å². The fourth-order valence-corrected chi connectivity index (χ4v) is 3.63. The van der Waals surface area contributed by atoms with Crippen LogP contribution in [0, 0.1) is 0 Å². The summed E-state index contributed by atoms with van der Waals surface area (Å²) in [6.45, 7) is 1.89. The third kappa shape index (κ3) is 3.21. The minimum absolute atomic E-state index is 0.373. The second kappa shape index (κ2) is 6.75. The van der Waals surface area contributed by atoms with Gasteiger partial charge in [-0.05, 0) is 50.1 Å². The highest BCUT2D eigenvalue weighted by Gasteiger charge is 2.28. The molecule has 124 valence electrons. The third-order valence-electron chi connectivity index (χ3n) is 4.89. The molecule has 4 nitrogen and oxygen atoms in total. The van der Waals surface area contributed by atoms with E-state index in [1.807, 2.05) is 24.3 Å². The lowest BCUT2D eigenvalue weighted by Crippen LogP contribution is -2.30. The summed E-state index contributed by atoms with van der Waals surface area (Å²) in [6, 6.07) is 16.5. The molecule has 1 aromatic carbocycles. The molecule has 1 aliphatic heterocycles. The Labute approximate surface area is 141 Å². The number of pyridine rings is 1. The van der Waals surface area contributed by atoms with Crippen molar-refractivity contribution in [1.82, 2.24) is 9.88 Å². The largest absolute Gasteiger partial charge is 0.467 e. The Bertz CT molecular complexity index is 800. The van der Waals surface area contributed by atoms with Gasteiger partial charge in [0.2, 0.25) is 0 Å². The highest BCUT2D eigenvalue weighted by Crippen LogP contribution is 2.28. The monoisotopic (exact) mass is 322 g/mol. The number of aromatic nitrogens is 1. The number of para-hydroxylation sites is 1. The molecule has 0 radical (unpaired) electrons. The van der Waals surface area contributed by atoms with Gasteiger partial charge in [-0.25, -0.2) is 0 Å². The second-order valence-electron chi connectivity index (χ2n) is 6.53. The molecular weight excluding hydrogens is 300 g/mol. The van der Waals surface area contributed by atoms with Crippen molar-refractivity contribution in [2.24, 2.45) is 0 Å². The van der Waals surface area contributed by atoms with Crippen LogP contribution in [0.3, 0.4) is 0 Å². The summed E-state index contributed by atoms with van der Waals surface area (Å²) in [5.74, 6) is 0.658. The van der Waals surface area contributed by atoms with Crippen molar-refractivity contribution in [2.45, 2.75) is 38.0 Å². The summed E-state index contributed by atoms with van der Waals surface area (Å²) in [5.41, 5.74) is 2.13. The number of aliphatic hydroxyl groups excluding tert-OH is 1. The van der Waals surface area contributed by atoms with E-state index in [1.165, 1.54) is 11.8 Å². The lowest BCUT2D eigenvalue weighted by molar-refractivity contribution is 0.0991. The highest BCUT2D eigenvalue weighted by molar-refractivity contribution is 5.78. The molecule has 4 rings (SSSR count). The number of rotatable bonds is 5. The number of fused-ring (bicyclic) bond motifs is 1. The van der Waals surface area contributed by atoms with Crippen molar-refractivity contribution in [3.8, 4) is 0 Å². The molecule has 0 saturated carbocycles. The molecule has 1 aliphatic rings. The molecule has 1 fully saturated rings. The number of hydrogen-bond acceptors (Lipinski definition) is 4. The normalized spacial score (nSPS) is 19.8. The Morgan fingerprint density at radius 3 is 2.96 bits per heavy atom. The maximum atomic E-state index is 10.4.